The summed E-state index contributed by atoms with van der Waals surface area (Å²) in [5.74, 6) is 0. The number of aryl methyl sites for hydroxylation is 1. The van der Waals surface area contributed by atoms with Gasteiger partial charge in [0.15, 0.2) is 0 Å². The van der Waals surface area contributed by atoms with Gasteiger partial charge in [-0.25, -0.2) is 0 Å². The lowest BCUT2D eigenvalue weighted by Gasteiger charge is -2.10. The second-order valence-electron chi connectivity index (χ2n) is 4.78. The van der Waals surface area contributed by atoms with Crippen LogP contribution in [0.3, 0.4) is 0 Å². The Morgan fingerprint density at radius 2 is 1.95 bits per heavy atom. The molecule has 0 atom stereocenters. The van der Waals surface area contributed by atoms with E-state index < -0.39 is 0 Å². The largest absolute Gasteiger partial charge is 0.383 e. The minimum Gasteiger partial charge on any atom is -0.383 e. The van der Waals surface area contributed by atoms with E-state index in [9.17, 15) is 0 Å². The van der Waals surface area contributed by atoms with Gasteiger partial charge in [0.1, 0.15) is 0 Å². The third-order valence-corrected chi connectivity index (χ3v) is 3.19. The summed E-state index contributed by atoms with van der Waals surface area (Å²) in [6.45, 7) is 5.55. The second kappa shape index (κ2) is 7.12. The first-order valence-electron chi connectivity index (χ1n) is 6.69. The van der Waals surface area contributed by atoms with Crippen molar-refractivity contribution in [2.45, 2.75) is 20.0 Å². The van der Waals surface area contributed by atoms with Gasteiger partial charge in [0.05, 0.1) is 6.61 Å². The third-order valence-electron chi connectivity index (χ3n) is 3.19. The maximum Gasteiger partial charge on any atom is 0.0587 e. The first-order chi connectivity index (χ1) is 9.29. The van der Waals surface area contributed by atoms with Crippen molar-refractivity contribution in [1.29, 1.82) is 0 Å². The molecule has 0 aliphatic carbocycles. The quantitative estimate of drug-likeness (QED) is 0.773. The molecule has 1 heterocycles. The summed E-state index contributed by atoms with van der Waals surface area (Å²) >= 11 is 0. The van der Waals surface area contributed by atoms with Crippen molar-refractivity contribution in [1.82, 2.24) is 9.88 Å². The molecule has 1 N–H and O–H groups in total. The molecule has 0 saturated heterocycles. The van der Waals surface area contributed by atoms with Crippen LogP contribution in [0.5, 0.6) is 0 Å². The lowest BCUT2D eigenvalue weighted by atomic mass is 10.1. The van der Waals surface area contributed by atoms with Gasteiger partial charge >= 0.3 is 0 Å². The topological polar surface area (TPSA) is 26.2 Å². The fraction of sp³-hybridized carbons (Fsp3) is 0.375. The van der Waals surface area contributed by atoms with Gasteiger partial charge in [-0.05, 0) is 24.6 Å². The molecular weight excluding hydrogens is 236 g/mol. The van der Waals surface area contributed by atoms with Crippen LogP contribution in [0.2, 0.25) is 0 Å². The SMILES string of the molecule is COCCNCc1cccn1Cc1ccc(C)cc1. The van der Waals surface area contributed by atoms with Gasteiger partial charge < -0.3 is 14.6 Å². The van der Waals surface area contributed by atoms with Crippen molar-refractivity contribution in [2.24, 2.45) is 0 Å². The van der Waals surface area contributed by atoms with E-state index in [1.165, 1.54) is 16.8 Å². The van der Waals surface area contributed by atoms with Crippen molar-refractivity contribution < 1.29 is 4.74 Å². The number of ether oxygens (including phenoxy) is 1. The highest BCUT2D eigenvalue weighted by atomic mass is 16.5. The Balaban J connectivity index is 1.93. The van der Waals surface area contributed by atoms with Gasteiger partial charge in [0, 0.05) is 38.6 Å². The number of rotatable bonds is 7. The van der Waals surface area contributed by atoms with E-state index in [4.69, 9.17) is 4.74 Å². The fourth-order valence-corrected chi connectivity index (χ4v) is 2.05. The predicted molar refractivity (Wildman–Crippen MR) is 78.3 cm³/mol. The van der Waals surface area contributed by atoms with Crippen molar-refractivity contribution >= 4 is 0 Å². The van der Waals surface area contributed by atoms with E-state index in [0.29, 0.717) is 0 Å². The summed E-state index contributed by atoms with van der Waals surface area (Å²) in [6.07, 6.45) is 2.13. The molecule has 0 unspecified atom stereocenters. The minimum atomic E-state index is 0.749. The average Bonchev–Trinajstić information content (AvgIpc) is 2.85. The molecule has 0 spiro atoms. The molecule has 3 heteroatoms. The molecule has 102 valence electrons. The highest BCUT2D eigenvalue weighted by Gasteiger charge is 2.01. The van der Waals surface area contributed by atoms with Gasteiger partial charge in [-0.1, -0.05) is 29.8 Å². The zero-order valence-electron chi connectivity index (χ0n) is 11.7. The molecule has 0 bridgehead atoms. The predicted octanol–water partition coefficient (Wildman–Crippen LogP) is 2.58. The molecule has 2 aromatic rings. The summed E-state index contributed by atoms with van der Waals surface area (Å²) in [4.78, 5) is 0. The molecule has 2 rings (SSSR count). The van der Waals surface area contributed by atoms with Crippen molar-refractivity contribution in [2.75, 3.05) is 20.3 Å². The van der Waals surface area contributed by atoms with Crippen LogP contribution in [0.25, 0.3) is 0 Å². The average molecular weight is 258 g/mol. The number of nitrogens with one attached hydrogen (secondary N) is 1. The molecule has 0 aliphatic rings. The summed E-state index contributed by atoms with van der Waals surface area (Å²) in [7, 11) is 1.72. The standard InChI is InChI=1S/C16H22N2O/c1-14-5-7-15(8-6-14)13-18-10-3-4-16(18)12-17-9-11-19-2/h3-8,10,17H,9,11-13H2,1-2H3. The third kappa shape index (κ3) is 4.23. The zero-order valence-corrected chi connectivity index (χ0v) is 11.7. The summed E-state index contributed by atoms with van der Waals surface area (Å²) in [6, 6.07) is 13.0. The highest BCUT2D eigenvalue weighted by molar-refractivity contribution is 5.22. The summed E-state index contributed by atoms with van der Waals surface area (Å²) < 4.78 is 7.31. The summed E-state index contributed by atoms with van der Waals surface area (Å²) in [5, 5.41) is 3.38. The molecule has 3 nitrogen and oxygen atoms in total. The fourth-order valence-electron chi connectivity index (χ4n) is 2.05. The van der Waals surface area contributed by atoms with E-state index in [1.807, 2.05) is 0 Å². The Kier molecular flexibility index (Phi) is 5.19. The van der Waals surface area contributed by atoms with E-state index in [-0.39, 0.29) is 0 Å². The number of aromatic nitrogens is 1. The van der Waals surface area contributed by atoms with E-state index in [1.54, 1.807) is 7.11 Å². The van der Waals surface area contributed by atoms with E-state index >= 15 is 0 Å². The van der Waals surface area contributed by atoms with E-state index in [2.05, 4.69) is 59.4 Å². The molecule has 19 heavy (non-hydrogen) atoms. The van der Waals surface area contributed by atoms with Crippen LogP contribution in [0.4, 0.5) is 0 Å². The Bertz CT molecular complexity index is 488. The monoisotopic (exact) mass is 258 g/mol. The lowest BCUT2D eigenvalue weighted by Crippen LogP contribution is -2.20. The van der Waals surface area contributed by atoms with Gasteiger partial charge in [-0.2, -0.15) is 0 Å². The molecule has 0 saturated carbocycles. The molecule has 0 amide bonds. The lowest BCUT2D eigenvalue weighted by molar-refractivity contribution is 0.199. The van der Waals surface area contributed by atoms with Gasteiger partial charge in [0.25, 0.3) is 0 Å². The molecule has 0 radical (unpaired) electrons. The number of hydrogen-bond acceptors (Lipinski definition) is 2. The Hall–Kier alpha value is -1.58. The molecule has 1 aromatic carbocycles. The van der Waals surface area contributed by atoms with Gasteiger partial charge in [0.2, 0.25) is 0 Å². The van der Waals surface area contributed by atoms with Crippen LogP contribution in [-0.2, 0) is 17.8 Å². The maximum absolute atomic E-state index is 5.03. The van der Waals surface area contributed by atoms with Crippen LogP contribution in [0, 0.1) is 6.92 Å². The number of hydrogen-bond donors (Lipinski definition) is 1. The maximum atomic E-state index is 5.03. The minimum absolute atomic E-state index is 0.749. The van der Waals surface area contributed by atoms with Crippen molar-refractivity contribution in [3.63, 3.8) is 0 Å². The number of benzene rings is 1. The van der Waals surface area contributed by atoms with Crippen LogP contribution < -0.4 is 5.32 Å². The first kappa shape index (κ1) is 13.8. The Morgan fingerprint density at radius 3 is 2.68 bits per heavy atom. The van der Waals surface area contributed by atoms with Crippen LogP contribution >= 0.6 is 0 Å². The summed E-state index contributed by atoms with van der Waals surface area (Å²) in [5.41, 5.74) is 3.94. The van der Waals surface area contributed by atoms with Crippen LogP contribution in [0.15, 0.2) is 42.6 Å². The Labute approximate surface area is 115 Å². The van der Waals surface area contributed by atoms with Crippen molar-refractivity contribution in [3.05, 3.63) is 59.4 Å². The van der Waals surface area contributed by atoms with Crippen LogP contribution in [-0.4, -0.2) is 24.8 Å². The van der Waals surface area contributed by atoms with Gasteiger partial charge in [-0.15, -0.1) is 0 Å². The molecular formula is C16H22N2O. The van der Waals surface area contributed by atoms with Crippen molar-refractivity contribution in [3.8, 4) is 0 Å². The molecule has 0 fully saturated rings. The van der Waals surface area contributed by atoms with Gasteiger partial charge in [-0.3, -0.25) is 0 Å². The molecule has 1 aromatic heterocycles. The van der Waals surface area contributed by atoms with E-state index in [0.717, 1.165) is 26.2 Å². The number of methoxy groups -OCH3 is 1. The molecule has 0 aliphatic heterocycles. The second-order valence-corrected chi connectivity index (χ2v) is 4.78. The van der Waals surface area contributed by atoms with Crippen LogP contribution in [0.1, 0.15) is 16.8 Å². The zero-order chi connectivity index (χ0) is 13.5. The normalized spacial score (nSPS) is 10.8. The number of nitrogens with zero attached hydrogens (tertiary/aromatic N) is 1. The Morgan fingerprint density at radius 1 is 1.16 bits per heavy atom. The smallest absolute Gasteiger partial charge is 0.0587 e. The first-order valence-corrected chi connectivity index (χ1v) is 6.69. The highest BCUT2D eigenvalue weighted by Crippen LogP contribution is 2.09.